The van der Waals surface area contributed by atoms with E-state index < -0.39 is 6.16 Å². The van der Waals surface area contributed by atoms with E-state index in [1.165, 1.54) is 7.11 Å². The third kappa shape index (κ3) is 3.86. The van der Waals surface area contributed by atoms with E-state index in [9.17, 15) is 4.79 Å². The number of ether oxygens (including phenoxy) is 2. The van der Waals surface area contributed by atoms with E-state index in [2.05, 4.69) is 4.74 Å². The fourth-order valence-electron chi connectivity index (χ4n) is 0.863. The first-order chi connectivity index (χ1) is 5.11. The van der Waals surface area contributed by atoms with Crippen LogP contribution in [-0.2, 0) is 9.47 Å². The lowest BCUT2D eigenvalue weighted by molar-refractivity contribution is 0.0177. The molecule has 0 fully saturated rings. The minimum absolute atomic E-state index is 0.0255. The molecule has 0 aromatic carbocycles. The van der Waals surface area contributed by atoms with Crippen LogP contribution >= 0.6 is 0 Å². The largest absolute Gasteiger partial charge is 0.508 e. The second kappa shape index (κ2) is 4.99. The van der Waals surface area contributed by atoms with E-state index in [4.69, 9.17) is 4.74 Å². The summed E-state index contributed by atoms with van der Waals surface area (Å²) in [5.74, 6) is 0.346. The highest BCUT2D eigenvalue weighted by molar-refractivity contribution is 5.59. The molecule has 0 spiro atoms. The molecular weight excluding hydrogens is 144 g/mol. The van der Waals surface area contributed by atoms with E-state index in [0.29, 0.717) is 5.92 Å². The number of rotatable bonds is 3. The highest BCUT2D eigenvalue weighted by Crippen LogP contribution is 2.10. The maximum absolute atomic E-state index is 10.6. The fourth-order valence-corrected chi connectivity index (χ4v) is 0.863. The summed E-state index contributed by atoms with van der Waals surface area (Å²) in [5, 5.41) is 0. The molecule has 0 heterocycles. The molecule has 0 aliphatic heterocycles. The number of carbonyl (C=O) groups excluding carboxylic acids is 1. The lowest BCUT2D eigenvalue weighted by Gasteiger charge is -2.18. The maximum Gasteiger partial charge on any atom is 0.508 e. The average molecular weight is 160 g/mol. The zero-order chi connectivity index (χ0) is 8.85. The van der Waals surface area contributed by atoms with Crippen LogP contribution in [0.2, 0.25) is 0 Å². The first-order valence-corrected chi connectivity index (χ1v) is 3.86. The topological polar surface area (TPSA) is 35.5 Å². The third-order valence-electron chi connectivity index (χ3n) is 1.56. The van der Waals surface area contributed by atoms with Crippen molar-refractivity contribution in [3.8, 4) is 0 Å². The van der Waals surface area contributed by atoms with Crippen molar-refractivity contribution < 1.29 is 14.3 Å². The smallest absolute Gasteiger partial charge is 0.438 e. The minimum atomic E-state index is -0.592. The molecule has 11 heavy (non-hydrogen) atoms. The summed E-state index contributed by atoms with van der Waals surface area (Å²) < 4.78 is 9.32. The predicted octanol–water partition coefficient (Wildman–Crippen LogP) is 2.20. The van der Waals surface area contributed by atoms with E-state index in [-0.39, 0.29) is 6.10 Å². The van der Waals surface area contributed by atoms with E-state index in [1.807, 2.05) is 20.8 Å². The highest BCUT2D eigenvalue weighted by Gasteiger charge is 2.15. The van der Waals surface area contributed by atoms with E-state index in [1.54, 1.807) is 0 Å². The molecule has 3 nitrogen and oxygen atoms in total. The Hall–Kier alpha value is -0.730. The van der Waals surface area contributed by atoms with Crippen molar-refractivity contribution in [2.75, 3.05) is 7.11 Å². The zero-order valence-corrected chi connectivity index (χ0v) is 7.59. The molecule has 66 valence electrons. The molecule has 0 aliphatic rings. The summed E-state index contributed by atoms with van der Waals surface area (Å²) in [4.78, 5) is 10.6. The Labute approximate surface area is 67.7 Å². The van der Waals surface area contributed by atoms with Crippen molar-refractivity contribution in [2.24, 2.45) is 5.92 Å². The monoisotopic (exact) mass is 160 g/mol. The molecular formula is C8H16O3. The number of carbonyl (C=O) groups is 1. The molecule has 0 amide bonds. The van der Waals surface area contributed by atoms with Crippen molar-refractivity contribution in [3.63, 3.8) is 0 Å². The van der Waals surface area contributed by atoms with Gasteiger partial charge in [0.1, 0.15) is 6.10 Å². The van der Waals surface area contributed by atoms with Crippen molar-refractivity contribution in [1.29, 1.82) is 0 Å². The Kier molecular flexibility index (Phi) is 4.66. The van der Waals surface area contributed by atoms with Gasteiger partial charge < -0.3 is 9.47 Å². The van der Waals surface area contributed by atoms with Gasteiger partial charge in [-0.3, -0.25) is 0 Å². The van der Waals surface area contributed by atoms with Gasteiger partial charge in [0.25, 0.3) is 0 Å². The third-order valence-corrected chi connectivity index (χ3v) is 1.56. The van der Waals surface area contributed by atoms with Crippen molar-refractivity contribution in [1.82, 2.24) is 0 Å². The Morgan fingerprint density at radius 2 is 2.00 bits per heavy atom. The second-order valence-electron chi connectivity index (χ2n) is 2.76. The van der Waals surface area contributed by atoms with Gasteiger partial charge in [-0.1, -0.05) is 20.8 Å². The summed E-state index contributed by atoms with van der Waals surface area (Å²) >= 11 is 0. The lowest BCUT2D eigenvalue weighted by Crippen LogP contribution is -2.22. The summed E-state index contributed by atoms with van der Waals surface area (Å²) in [7, 11) is 1.31. The number of hydrogen-bond acceptors (Lipinski definition) is 3. The molecule has 0 radical (unpaired) electrons. The number of hydrogen-bond donors (Lipinski definition) is 0. The molecule has 0 aromatic heterocycles. The van der Waals surface area contributed by atoms with Crippen LogP contribution in [0.25, 0.3) is 0 Å². The van der Waals surface area contributed by atoms with Crippen LogP contribution in [0.1, 0.15) is 27.2 Å². The Balaban J connectivity index is 3.78. The predicted molar refractivity (Wildman–Crippen MR) is 42.4 cm³/mol. The quantitative estimate of drug-likeness (QED) is 0.594. The lowest BCUT2D eigenvalue weighted by atomic mass is 10.1. The van der Waals surface area contributed by atoms with Crippen LogP contribution in [0.5, 0.6) is 0 Å². The van der Waals surface area contributed by atoms with Gasteiger partial charge in [-0.25, -0.2) is 4.79 Å². The van der Waals surface area contributed by atoms with Gasteiger partial charge in [0, 0.05) is 0 Å². The SMILES string of the molecule is CCC(OC(=O)OC)C(C)C. The number of methoxy groups -OCH3 is 1. The van der Waals surface area contributed by atoms with Gasteiger partial charge in [0.2, 0.25) is 0 Å². The normalized spacial score (nSPS) is 12.8. The Morgan fingerprint density at radius 3 is 2.27 bits per heavy atom. The first kappa shape index (κ1) is 10.3. The van der Waals surface area contributed by atoms with Crippen LogP contribution in [-0.4, -0.2) is 19.4 Å². The Bertz CT molecular complexity index is 121. The van der Waals surface area contributed by atoms with Gasteiger partial charge in [-0.15, -0.1) is 0 Å². The molecule has 3 heteroatoms. The van der Waals surface area contributed by atoms with Crippen LogP contribution in [0, 0.1) is 5.92 Å². The minimum Gasteiger partial charge on any atom is -0.438 e. The Morgan fingerprint density at radius 1 is 1.45 bits per heavy atom. The first-order valence-electron chi connectivity index (χ1n) is 3.86. The summed E-state index contributed by atoms with van der Waals surface area (Å²) in [6.45, 7) is 6.00. The molecule has 0 saturated heterocycles. The van der Waals surface area contributed by atoms with Crippen LogP contribution < -0.4 is 0 Å². The van der Waals surface area contributed by atoms with Gasteiger partial charge in [-0.05, 0) is 12.3 Å². The molecule has 0 bridgehead atoms. The molecule has 0 aliphatic carbocycles. The molecule has 1 atom stereocenters. The molecule has 0 rings (SSSR count). The van der Waals surface area contributed by atoms with Gasteiger partial charge >= 0.3 is 6.16 Å². The second-order valence-corrected chi connectivity index (χ2v) is 2.76. The average Bonchev–Trinajstić information content (AvgIpc) is 1.99. The molecule has 1 unspecified atom stereocenters. The highest BCUT2D eigenvalue weighted by atomic mass is 16.7. The summed E-state index contributed by atoms with van der Waals surface area (Å²) in [6, 6.07) is 0. The summed E-state index contributed by atoms with van der Waals surface area (Å²) in [5.41, 5.74) is 0. The van der Waals surface area contributed by atoms with Crippen molar-refractivity contribution in [2.45, 2.75) is 33.3 Å². The van der Waals surface area contributed by atoms with Crippen molar-refractivity contribution >= 4 is 6.16 Å². The molecule has 0 N–H and O–H groups in total. The van der Waals surface area contributed by atoms with E-state index >= 15 is 0 Å². The summed E-state index contributed by atoms with van der Waals surface area (Å²) in [6.07, 6.45) is 0.209. The van der Waals surface area contributed by atoms with Crippen LogP contribution in [0.3, 0.4) is 0 Å². The van der Waals surface area contributed by atoms with Gasteiger partial charge in [0.05, 0.1) is 7.11 Å². The van der Waals surface area contributed by atoms with Crippen LogP contribution in [0.4, 0.5) is 4.79 Å². The van der Waals surface area contributed by atoms with Crippen LogP contribution in [0.15, 0.2) is 0 Å². The molecule has 0 saturated carbocycles. The maximum atomic E-state index is 10.6. The van der Waals surface area contributed by atoms with Gasteiger partial charge in [-0.2, -0.15) is 0 Å². The van der Waals surface area contributed by atoms with Gasteiger partial charge in [0.15, 0.2) is 0 Å². The standard InChI is InChI=1S/C8H16O3/c1-5-7(6(2)3)11-8(9)10-4/h6-7H,5H2,1-4H3. The van der Waals surface area contributed by atoms with E-state index in [0.717, 1.165) is 6.42 Å². The molecule has 0 aromatic rings. The fraction of sp³-hybridized carbons (Fsp3) is 0.875. The van der Waals surface area contributed by atoms with Crippen molar-refractivity contribution in [3.05, 3.63) is 0 Å². The zero-order valence-electron chi connectivity index (χ0n) is 7.59.